The van der Waals surface area contributed by atoms with E-state index in [2.05, 4.69) is 0 Å². The summed E-state index contributed by atoms with van der Waals surface area (Å²) in [5.41, 5.74) is -0.0442. The molecule has 1 fully saturated rings. The normalized spacial score (nSPS) is 19.6. The Morgan fingerprint density at radius 1 is 1.43 bits per heavy atom. The van der Waals surface area contributed by atoms with Crippen molar-refractivity contribution in [2.24, 2.45) is 11.1 Å². The van der Waals surface area contributed by atoms with Crippen molar-refractivity contribution in [1.29, 1.82) is 0 Å². The molecule has 1 aliphatic rings. The minimum Gasteiger partial charge on any atom is -0.338 e. The largest absolute Gasteiger partial charge is 0.338 e. The zero-order chi connectivity index (χ0) is 15.8. The van der Waals surface area contributed by atoms with E-state index in [-0.39, 0.29) is 21.9 Å². The van der Waals surface area contributed by atoms with E-state index < -0.39 is 15.8 Å². The first kappa shape index (κ1) is 15.9. The van der Waals surface area contributed by atoms with Crippen LogP contribution in [0.5, 0.6) is 0 Å². The number of amides is 1. The van der Waals surface area contributed by atoms with E-state index in [4.69, 9.17) is 5.14 Å². The second-order valence-electron chi connectivity index (χ2n) is 5.62. The summed E-state index contributed by atoms with van der Waals surface area (Å²) in [7, 11) is -4.06. The van der Waals surface area contributed by atoms with Crippen molar-refractivity contribution in [3.8, 4) is 0 Å². The van der Waals surface area contributed by atoms with E-state index in [1.54, 1.807) is 4.90 Å². The standard InChI is InChI=1S/C14H19FN2O3S/c1-9-4-3-5-17(8-9)14(18)11-6-12(15)10(2)13(7-11)21(16,19)20/h6-7,9H,3-5,8H2,1-2H3,(H2,16,19,20). The number of carbonyl (C=O) groups excluding carboxylic acids is 1. The van der Waals surface area contributed by atoms with Crippen LogP contribution in [0.25, 0.3) is 0 Å². The fourth-order valence-corrected chi connectivity index (χ4v) is 3.44. The Balaban J connectivity index is 2.40. The summed E-state index contributed by atoms with van der Waals surface area (Å²) < 4.78 is 36.9. The molecule has 116 valence electrons. The van der Waals surface area contributed by atoms with Gasteiger partial charge in [0.05, 0.1) is 4.90 Å². The van der Waals surface area contributed by atoms with Gasteiger partial charge in [-0.3, -0.25) is 4.79 Å². The van der Waals surface area contributed by atoms with E-state index in [9.17, 15) is 17.6 Å². The van der Waals surface area contributed by atoms with E-state index in [0.29, 0.717) is 19.0 Å². The Labute approximate surface area is 124 Å². The van der Waals surface area contributed by atoms with E-state index in [0.717, 1.165) is 25.0 Å². The lowest BCUT2D eigenvalue weighted by atomic mass is 9.99. The molecule has 7 heteroatoms. The third-order valence-corrected chi connectivity index (χ3v) is 4.83. The van der Waals surface area contributed by atoms with E-state index >= 15 is 0 Å². The maximum absolute atomic E-state index is 13.9. The van der Waals surface area contributed by atoms with Gasteiger partial charge in [-0.25, -0.2) is 17.9 Å². The quantitative estimate of drug-likeness (QED) is 0.901. The lowest BCUT2D eigenvalue weighted by Gasteiger charge is -2.31. The number of primary sulfonamides is 1. The molecule has 0 radical (unpaired) electrons. The SMILES string of the molecule is Cc1c(F)cc(C(=O)N2CCCC(C)C2)cc1S(N)(=O)=O. The fraction of sp³-hybridized carbons (Fsp3) is 0.500. The molecule has 1 aromatic rings. The van der Waals surface area contributed by atoms with Crippen LogP contribution in [-0.2, 0) is 10.0 Å². The van der Waals surface area contributed by atoms with Gasteiger partial charge in [-0.2, -0.15) is 0 Å². The number of sulfonamides is 1. The summed E-state index contributed by atoms with van der Waals surface area (Å²) in [6.07, 6.45) is 1.94. The molecule has 1 amide bonds. The molecule has 0 spiro atoms. The minimum atomic E-state index is -4.06. The summed E-state index contributed by atoms with van der Waals surface area (Å²) in [4.78, 5) is 13.7. The van der Waals surface area contributed by atoms with Gasteiger partial charge in [0.15, 0.2) is 0 Å². The number of nitrogens with two attached hydrogens (primary N) is 1. The van der Waals surface area contributed by atoms with Gasteiger partial charge in [0.2, 0.25) is 10.0 Å². The molecule has 1 unspecified atom stereocenters. The van der Waals surface area contributed by atoms with Crippen LogP contribution in [-0.4, -0.2) is 32.3 Å². The highest BCUT2D eigenvalue weighted by molar-refractivity contribution is 7.89. The molecule has 2 N–H and O–H groups in total. The van der Waals surface area contributed by atoms with E-state index in [1.165, 1.54) is 6.92 Å². The third-order valence-electron chi connectivity index (χ3n) is 3.79. The Kier molecular flexibility index (Phi) is 4.34. The lowest BCUT2D eigenvalue weighted by Crippen LogP contribution is -2.39. The molecule has 21 heavy (non-hydrogen) atoms. The molecular weight excluding hydrogens is 295 g/mol. The number of nitrogens with zero attached hydrogens (tertiary/aromatic N) is 1. The fourth-order valence-electron chi connectivity index (χ4n) is 2.63. The van der Waals surface area contributed by atoms with Gasteiger partial charge in [-0.05, 0) is 37.8 Å². The highest BCUT2D eigenvalue weighted by Crippen LogP contribution is 2.23. The van der Waals surface area contributed by atoms with Gasteiger partial charge in [0.1, 0.15) is 5.82 Å². The second-order valence-corrected chi connectivity index (χ2v) is 7.15. The summed E-state index contributed by atoms with van der Waals surface area (Å²) in [6.45, 7) is 4.57. The maximum atomic E-state index is 13.9. The summed E-state index contributed by atoms with van der Waals surface area (Å²) >= 11 is 0. The van der Waals surface area contributed by atoms with Crippen LogP contribution < -0.4 is 5.14 Å². The number of benzene rings is 1. The minimum absolute atomic E-state index is 0.0243. The molecule has 0 saturated carbocycles. The van der Waals surface area contributed by atoms with Gasteiger partial charge < -0.3 is 4.90 Å². The summed E-state index contributed by atoms with van der Waals surface area (Å²) in [6, 6.07) is 2.24. The number of rotatable bonds is 2. The summed E-state index contributed by atoms with van der Waals surface area (Å²) in [5, 5.41) is 5.08. The maximum Gasteiger partial charge on any atom is 0.254 e. The average Bonchev–Trinajstić information content (AvgIpc) is 2.39. The zero-order valence-electron chi connectivity index (χ0n) is 12.1. The predicted molar refractivity (Wildman–Crippen MR) is 76.8 cm³/mol. The number of piperidine rings is 1. The van der Waals surface area contributed by atoms with Crippen molar-refractivity contribution in [3.63, 3.8) is 0 Å². The van der Waals surface area contributed by atoms with Crippen LogP contribution in [0.2, 0.25) is 0 Å². The van der Waals surface area contributed by atoms with Gasteiger partial charge in [0, 0.05) is 24.2 Å². The average molecular weight is 314 g/mol. The van der Waals surface area contributed by atoms with Crippen LogP contribution in [0.4, 0.5) is 4.39 Å². The van der Waals surface area contributed by atoms with E-state index in [1.807, 2.05) is 6.92 Å². The van der Waals surface area contributed by atoms with Gasteiger partial charge in [-0.15, -0.1) is 0 Å². The number of hydrogen-bond acceptors (Lipinski definition) is 3. The molecule has 5 nitrogen and oxygen atoms in total. The highest BCUT2D eigenvalue weighted by atomic mass is 32.2. The smallest absolute Gasteiger partial charge is 0.254 e. The molecular formula is C14H19FN2O3S. The molecule has 0 aromatic heterocycles. The predicted octanol–water partition coefficient (Wildman–Crippen LogP) is 1.65. The molecule has 1 aromatic carbocycles. The first-order chi connectivity index (χ1) is 9.70. The Morgan fingerprint density at radius 3 is 2.67 bits per heavy atom. The van der Waals surface area contributed by atoms with Gasteiger partial charge >= 0.3 is 0 Å². The van der Waals surface area contributed by atoms with Gasteiger partial charge in [0.25, 0.3) is 5.91 Å². The molecule has 1 aliphatic heterocycles. The van der Waals surface area contributed by atoms with Crippen molar-refractivity contribution in [1.82, 2.24) is 4.90 Å². The Morgan fingerprint density at radius 2 is 2.10 bits per heavy atom. The van der Waals surface area contributed by atoms with Crippen molar-refractivity contribution < 1.29 is 17.6 Å². The molecule has 1 atom stereocenters. The number of likely N-dealkylation sites (tertiary alicyclic amines) is 1. The number of halogens is 1. The first-order valence-corrected chi connectivity index (χ1v) is 8.37. The van der Waals surface area contributed by atoms with Crippen molar-refractivity contribution in [2.75, 3.05) is 13.1 Å². The molecule has 1 heterocycles. The second kappa shape index (κ2) is 5.73. The first-order valence-electron chi connectivity index (χ1n) is 6.82. The zero-order valence-corrected chi connectivity index (χ0v) is 12.9. The number of hydrogen-bond donors (Lipinski definition) is 1. The van der Waals surface area contributed by atoms with Crippen LogP contribution in [0.1, 0.15) is 35.7 Å². The van der Waals surface area contributed by atoms with Crippen molar-refractivity contribution >= 4 is 15.9 Å². The van der Waals surface area contributed by atoms with Crippen molar-refractivity contribution in [3.05, 3.63) is 29.1 Å². The van der Waals surface area contributed by atoms with Crippen LogP contribution in [0.3, 0.4) is 0 Å². The topological polar surface area (TPSA) is 80.5 Å². The third kappa shape index (κ3) is 3.41. The van der Waals surface area contributed by atoms with Crippen LogP contribution in [0, 0.1) is 18.7 Å². The van der Waals surface area contributed by atoms with Crippen molar-refractivity contribution in [2.45, 2.75) is 31.6 Å². The molecule has 0 bridgehead atoms. The number of carbonyl (C=O) groups is 1. The lowest BCUT2D eigenvalue weighted by molar-refractivity contribution is 0.0682. The summed E-state index contributed by atoms with van der Waals surface area (Å²) in [5.74, 6) is -0.712. The van der Waals surface area contributed by atoms with Crippen LogP contribution in [0.15, 0.2) is 17.0 Å². The Bertz CT molecular complexity index is 673. The monoisotopic (exact) mass is 314 g/mol. The van der Waals surface area contributed by atoms with Gasteiger partial charge in [-0.1, -0.05) is 6.92 Å². The molecule has 0 aliphatic carbocycles. The molecule has 2 rings (SSSR count). The molecule has 1 saturated heterocycles. The van der Waals surface area contributed by atoms with Crippen LogP contribution >= 0.6 is 0 Å². The highest BCUT2D eigenvalue weighted by Gasteiger charge is 2.25. The Hall–Kier alpha value is -1.47.